The lowest BCUT2D eigenvalue weighted by Gasteiger charge is -2.48. The smallest absolute Gasteiger partial charge is 0.0607 e. The molecule has 0 amide bonds. The lowest BCUT2D eigenvalue weighted by atomic mass is 9.73. The number of fused-ring (bicyclic) bond motifs is 1. The average Bonchev–Trinajstić information content (AvgIpc) is 2.52. The maximum atomic E-state index is 6.18. The van der Waals surface area contributed by atoms with E-state index in [0.717, 1.165) is 43.8 Å². The standard InChI is InChI=1S/C17H33N5/c1-17(2,18)11-21-16-14-5-8-20-10-13(14)9-15(22-16)12-3-6-19-7-4-12/h6,12-16,20-22H,3-5,7-11,18H2,1-2H3. The summed E-state index contributed by atoms with van der Waals surface area (Å²) in [5.41, 5.74) is 6.02. The molecule has 5 unspecified atom stereocenters. The van der Waals surface area contributed by atoms with E-state index in [1.165, 1.54) is 25.8 Å². The zero-order chi connectivity index (χ0) is 15.6. The Bertz CT molecular complexity index is 389. The molecule has 0 aliphatic carbocycles. The van der Waals surface area contributed by atoms with Gasteiger partial charge in [-0.25, -0.2) is 0 Å². The van der Waals surface area contributed by atoms with Gasteiger partial charge in [0.25, 0.3) is 0 Å². The molecule has 126 valence electrons. The first-order chi connectivity index (χ1) is 10.5. The van der Waals surface area contributed by atoms with E-state index >= 15 is 0 Å². The van der Waals surface area contributed by atoms with Crippen LogP contribution in [0.2, 0.25) is 0 Å². The zero-order valence-corrected chi connectivity index (χ0v) is 14.1. The number of nitrogens with one attached hydrogen (secondary N) is 3. The van der Waals surface area contributed by atoms with E-state index in [0.29, 0.717) is 12.2 Å². The summed E-state index contributed by atoms with van der Waals surface area (Å²) in [6, 6.07) is 0.617. The van der Waals surface area contributed by atoms with Crippen molar-refractivity contribution in [2.45, 2.75) is 57.3 Å². The van der Waals surface area contributed by atoms with Crippen LogP contribution in [0.5, 0.6) is 0 Å². The summed E-state index contributed by atoms with van der Waals surface area (Å²) in [5, 5.41) is 11.3. The Morgan fingerprint density at radius 2 is 2.18 bits per heavy atom. The van der Waals surface area contributed by atoms with Crippen LogP contribution in [0.4, 0.5) is 0 Å². The summed E-state index contributed by atoms with van der Waals surface area (Å²) in [6.07, 6.45) is 7.48. The molecular weight excluding hydrogens is 274 g/mol. The van der Waals surface area contributed by atoms with Crippen LogP contribution in [0, 0.1) is 17.8 Å². The predicted octanol–water partition coefficient (Wildman–Crippen LogP) is 0.708. The molecule has 3 aliphatic heterocycles. The van der Waals surface area contributed by atoms with Gasteiger partial charge in [0.2, 0.25) is 0 Å². The first-order valence-electron chi connectivity index (χ1n) is 9.00. The van der Waals surface area contributed by atoms with Crippen LogP contribution < -0.4 is 21.7 Å². The van der Waals surface area contributed by atoms with Gasteiger partial charge in [-0.2, -0.15) is 0 Å². The third-order valence-electron chi connectivity index (χ3n) is 5.56. The van der Waals surface area contributed by atoms with Crippen LogP contribution >= 0.6 is 0 Å². The Balaban J connectivity index is 1.66. The Morgan fingerprint density at radius 1 is 1.32 bits per heavy atom. The van der Waals surface area contributed by atoms with Crippen molar-refractivity contribution in [2.24, 2.45) is 28.5 Å². The van der Waals surface area contributed by atoms with E-state index in [1.54, 1.807) is 0 Å². The normalized spacial score (nSPS) is 39.5. The van der Waals surface area contributed by atoms with Gasteiger partial charge in [-0.1, -0.05) is 0 Å². The number of nitrogens with two attached hydrogens (primary N) is 1. The van der Waals surface area contributed by atoms with Crippen molar-refractivity contribution in [2.75, 3.05) is 26.2 Å². The fourth-order valence-electron chi connectivity index (χ4n) is 4.33. The number of piperidine rings is 2. The Labute approximate surface area is 134 Å². The van der Waals surface area contributed by atoms with Crippen LogP contribution in [0.1, 0.15) is 39.5 Å². The minimum atomic E-state index is -0.158. The van der Waals surface area contributed by atoms with E-state index in [9.17, 15) is 0 Å². The van der Waals surface area contributed by atoms with Crippen molar-refractivity contribution < 1.29 is 0 Å². The van der Waals surface area contributed by atoms with Gasteiger partial charge in [-0.15, -0.1) is 0 Å². The largest absolute Gasteiger partial charge is 0.324 e. The molecule has 0 bridgehead atoms. The molecule has 22 heavy (non-hydrogen) atoms. The molecule has 2 fully saturated rings. The number of aliphatic imine (C=N–C) groups is 1. The van der Waals surface area contributed by atoms with Crippen molar-refractivity contribution in [3.8, 4) is 0 Å². The summed E-state index contributed by atoms with van der Waals surface area (Å²) >= 11 is 0. The van der Waals surface area contributed by atoms with Gasteiger partial charge < -0.3 is 11.1 Å². The zero-order valence-electron chi connectivity index (χ0n) is 14.1. The lowest BCUT2D eigenvalue weighted by Crippen LogP contribution is -2.64. The topological polar surface area (TPSA) is 74.5 Å². The number of nitrogens with zero attached hydrogens (tertiary/aromatic N) is 1. The van der Waals surface area contributed by atoms with Crippen molar-refractivity contribution >= 4 is 6.21 Å². The van der Waals surface area contributed by atoms with Crippen molar-refractivity contribution in [3.05, 3.63) is 0 Å². The highest BCUT2D eigenvalue weighted by Gasteiger charge is 2.41. The van der Waals surface area contributed by atoms with Gasteiger partial charge in [0, 0.05) is 24.7 Å². The highest BCUT2D eigenvalue weighted by Crippen LogP contribution is 2.34. The summed E-state index contributed by atoms with van der Waals surface area (Å²) in [4.78, 5) is 4.39. The Hall–Kier alpha value is -0.490. The molecule has 5 atom stereocenters. The Morgan fingerprint density at radius 3 is 2.91 bits per heavy atom. The first-order valence-corrected chi connectivity index (χ1v) is 9.00. The highest BCUT2D eigenvalue weighted by atomic mass is 15.2. The molecule has 0 radical (unpaired) electrons. The summed E-state index contributed by atoms with van der Waals surface area (Å²) in [7, 11) is 0. The summed E-state index contributed by atoms with van der Waals surface area (Å²) in [5.74, 6) is 2.27. The quantitative estimate of drug-likeness (QED) is 0.617. The minimum Gasteiger partial charge on any atom is -0.324 e. The third kappa shape index (κ3) is 4.07. The van der Waals surface area contributed by atoms with Crippen LogP contribution in [0.3, 0.4) is 0 Å². The van der Waals surface area contributed by atoms with Gasteiger partial charge in [-0.05, 0) is 76.6 Å². The molecule has 5 N–H and O–H groups in total. The SMILES string of the molecule is CC(C)(N)CNC1NC(C2CC=NCC2)CC2CNCCC21. The maximum Gasteiger partial charge on any atom is 0.0607 e. The second-order valence-corrected chi connectivity index (χ2v) is 8.15. The van der Waals surface area contributed by atoms with Crippen LogP contribution in [-0.2, 0) is 0 Å². The van der Waals surface area contributed by atoms with Gasteiger partial charge in [0.1, 0.15) is 0 Å². The molecule has 3 heterocycles. The van der Waals surface area contributed by atoms with Crippen molar-refractivity contribution in [1.29, 1.82) is 0 Å². The third-order valence-corrected chi connectivity index (χ3v) is 5.56. The van der Waals surface area contributed by atoms with Crippen LogP contribution in [0.15, 0.2) is 4.99 Å². The molecule has 0 saturated carbocycles. The van der Waals surface area contributed by atoms with Crippen molar-refractivity contribution in [1.82, 2.24) is 16.0 Å². The van der Waals surface area contributed by atoms with E-state index in [4.69, 9.17) is 5.73 Å². The summed E-state index contributed by atoms with van der Waals surface area (Å²) in [6.45, 7) is 8.38. The number of hydrogen-bond acceptors (Lipinski definition) is 5. The van der Waals surface area contributed by atoms with Gasteiger partial charge in [-0.3, -0.25) is 15.6 Å². The molecule has 0 spiro atoms. The average molecular weight is 307 g/mol. The number of rotatable bonds is 4. The van der Waals surface area contributed by atoms with Gasteiger partial charge >= 0.3 is 0 Å². The Kier molecular flexibility index (Phi) is 5.17. The van der Waals surface area contributed by atoms with Crippen LogP contribution in [0.25, 0.3) is 0 Å². The van der Waals surface area contributed by atoms with E-state index < -0.39 is 0 Å². The predicted molar refractivity (Wildman–Crippen MR) is 92.1 cm³/mol. The molecule has 5 nitrogen and oxygen atoms in total. The molecule has 3 aliphatic rings. The highest BCUT2D eigenvalue weighted by molar-refractivity contribution is 5.58. The summed E-state index contributed by atoms with van der Waals surface area (Å²) < 4.78 is 0. The molecule has 3 rings (SSSR count). The molecule has 5 heteroatoms. The van der Waals surface area contributed by atoms with Crippen LogP contribution in [-0.4, -0.2) is 50.1 Å². The second kappa shape index (κ2) is 6.95. The molecule has 0 aromatic heterocycles. The molecule has 2 saturated heterocycles. The van der Waals surface area contributed by atoms with E-state index in [2.05, 4.69) is 41.0 Å². The fourth-order valence-corrected chi connectivity index (χ4v) is 4.33. The van der Waals surface area contributed by atoms with E-state index in [-0.39, 0.29) is 5.54 Å². The fraction of sp³-hybridized carbons (Fsp3) is 0.941. The lowest BCUT2D eigenvalue weighted by molar-refractivity contribution is 0.0728. The monoisotopic (exact) mass is 307 g/mol. The van der Waals surface area contributed by atoms with Crippen molar-refractivity contribution in [3.63, 3.8) is 0 Å². The maximum absolute atomic E-state index is 6.18. The molecule has 0 aromatic rings. The first kappa shape index (κ1) is 16.4. The molecular formula is C17H33N5. The van der Waals surface area contributed by atoms with Gasteiger partial charge in [0.05, 0.1) is 6.17 Å². The second-order valence-electron chi connectivity index (χ2n) is 8.15. The molecule has 0 aromatic carbocycles. The number of hydrogen-bond donors (Lipinski definition) is 4. The minimum absolute atomic E-state index is 0.158. The van der Waals surface area contributed by atoms with Gasteiger partial charge in [0.15, 0.2) is 0 Å². The van der Waals surface area contributed by atoms with E-state index in [1.807, 2.05) is 0 Å².